The standard InChI is InChI=1S/C11H18/c1-7-8(2)9-10(3,4)11(9,5)6/h1,8-9H,2-6H3. The number of terminal acetylenes is 1. The highest BCUT2D eigenvalue weighted by Gasteiger charge is 2.65. The summed E-state index contributed by atoms with van der Waals surface area (Å²) in [5, 5.41) is 0. The van der Waals surface area contributed by atoms with Crippen molar-refractivity contribution >= 4 is 0 Å². The van der Waals surface area contributed by atoms with Crippen molar-refractivity contribution in [2.45, 2.75) is 34.6 Å². The fourth-order valence-corrected chi connectivity index (χ4v) is 2.59. The molecule has 1 aliphatic rings. The Balaban J connectivity index is 2.77. The van der Waals surface area contributed by atoms with E-state index in [0.717, 1.165) is 0 Å². The van der Waals surface area contributed by atoms with E-state index in [4.69, 9.17) is 6.42 Å². The van der Waals surface area contributed by atoms with Crippen molar-refractivity contribution in [1.29, 1.82) is 0 Å². The normalized spacial score (nSPS) is 29.1. The smallest absolute Gasteiger partial charge is 0.0210 e. The van der Waals surface area contributed by atoms with Crippen LogP contribution in [0.2, 0.25) is 0 Å². The van der Waals surface area contributed by atoms with E-state index < -0.39 is 0 Å². The van der Waals surface area contributed by atoms with Gasteiger partial charge in [0.1, 0.15) is 0 Å². The van der Waals surface area contributed by atoms with E-state index in [9.17, 15) is 0 Å². The molecule has 1 saturated carbocycles. The van der Waals surface area contributed by atoms with E-state index in [1.165, 1.54) is 0 Å². The van der Waals surface area contributed by atoms with Crippen molar-refractivity contribution in [1.82, 2.24) is 0 Å². The summed E-state index contributed by atoms with van der Waals surface area (Å²) in [4.78, 5) is 0. The second-order valence-electron chi connectivity index (χ2n) is 4.88. The fraction of sp³-hybridized carbons (Fsp3) is 0.818. The Kier molecular flexibility index (Phi) is 1.60. The summed E-state index contributed by atoms with van der Waals surface area (Å²) in [6.45, 7) is 11.4. The van der Waals surface area contributed by atoms with E-state index in [-0.39, 0.29) is 0 Å². The zero-order chi connectivity index (χ0) is 8.86. The third-order valence-electron chi connectivity index (χ3n) is 3.90. The van der Waals surface area contributed by atoms with Crippen LogP contribution in [0.1, 0.15) is 34.6 Å². The van der Waals surface area contributed by atoms with Crippen molar-refractivity contribution in [3.05, 3.63) is 0 Å². The zero-order valence-electron chi connectivity index (χ0n) is 8.23. The van der Waals surface area contributed by atoms with E-state index in [1.807, 2.05) is 0 Å². The molecule has 0 nitrogen and oxygen atoms in total. The van der Waals surface area contributed by atoms with Crippen molar-refractivity contribution in [2.24, 2.45) is 22.7 Å². The number of hydrogen-bond donors (Lipinski definition) is 0. The van der Waals surface area contributed by atoms with Crippen LogP contribution in [0.25, 0.3) is 0 Å². The zero-order valence-corrected chi connectivity index (χ0v) is 8.23. The summed E-state index contributed by atoms with van der Waals surface area (Å²) in [6, 6.07) is 0. The monoisotopic (exact) mass is 150 g/mol. The summed E-state index contributed by atoms with van der Waals surface area (Å²) in [5.74, 6) is 3.98. The van der Waals surface area contributed by atoms with Crippen LogP contribution in [0.5, 0.6) is 0 Å². The highest BCUT2D eigenvalue weighted by atomic mass is 14.7. The lowest BCUT2D eigenvalue weighted by atomic mass is 10.00. The molecule has 0 aromatic rings. The molecule has 0 spiro atoms. The predicted octanol–water partition coefficient (Wildman–Crippen LogP) is 2.94. The molecule has 0 saturated heterocycles. The van der Waals surface area contributed by atoms with Crippen LogP contribution in [0.4, 0.5) is 0 Å². The highest BCUT2D eigenvalue weighted by Crippen LogP contribution is 2.70. The molecular weight excluding hydrogens is 132 g/mol. The Morgan fingerprint density at radius 1 is 1.18 bits per heavy atom. The average molecular weight is 150 g/mol. The van der Waals surface area contributed by atoms with Gasteiger partial charge in [-0.3, -0.25) is 0 Å². The number of rotatable bonds is 1. The third kappa shape index (κ3) is 0.906. The minimum Gasteiger partial charge on any atom is -0.120 e. The van der Waals surface area contributed by atoms with Crippen molar-refractivity contribution in [3.63, 3.8) is 0 Å². The van der Waals surface area contributed by atoms with Gasteiger partial charge in [0.25, 0.3) is 0 Å². The predicted molar refractivity (Wildman–Crippen MR) is 49.0 cm³/mol. The third-order valence-corrected chi connectivity index (χ3v) is 3.90. The second kappa shape index (κ2) is 2.03. The van der Waals surface area contributed by atoms with Gasteiger partial charge in [-0.25, -0.2) is 0 Å². The van der Waals surface area contributed by atoms with Crippen LogP contribution in [0.15, 0.2) is 0 Å². The van der Waals surface area contributed by atoms with Crippen molar-refractivity contribution in [2.75, 3.05) is 0 Å². The molecule has 0 heterocycles. The van der Waals surface area contributed by atoms with Gasteiger partial charge in [0.15, 0.2) is 0 Å². The van der Waals surface area contributed by atoms with Gasteiger partial charge >= 0.3 is 0 Å². The first-order valence-electron chi connectivity index (χ1n) is 4.32. The molecule has 1 atom stereocenters. The van der Waals surface area contributed by atoms with Crippen LogP contribution >= 0.6 is 0 Å². The van der Waals surface area contributed by atoms with E-state index in [2.05, 4.69) is 40.5 Å². The summed E-state index contributed by atoms with van der Waals surface area (Å²) >= 11 is 0. The Hall–Kier alpha value is -0.440. The molecule has 0 aliphatic heterocycles. The Morgan fingerprint density at radius 3 is 1.64 bits per heavy atom. The first-order chi connectivity index (χ1) is 4.85. The van der Waals surface area contributed by atoms with Gasteiger partial charge in [-0.15, -0.1) is 12.3 Å². The van der Waals surface area contributed by atoms with Gasteiger partial charge in [0, 0.05) is 5.92 Å². The first kappa shape index (κ1) is 8.65. The molecule has 0 aromatic heterocycles. The van der Waals surface area contributed by atoms with Gasteiger partial charge in [-0.2, -0.15) is 0 Å². The van der Waals surface area contributed by atoms with E-state index in [0.29, 0.717) is 22.7 Å². The van der Waals surface area contributed by atoms with Gasteiger partial charge < -0.3 is 0 Å². The minimum absolute atomic E-state index is 0.431. The molecule has 0 heteroatoms. The molecule has 0 N–H and O–H groups in total. The Bertz CT molecular complexity index is 189. The molecule has 62 valence electrons. The SMILES string of the molecule is C#CC(C)C1C(C)(C)C1(C)C. The molecule has 1 unspecified atom stereocenters. The lowest BCUT2D eigenvalue weighted by Gasteiger charge is -2.04. The maximum Gasteiger partial charge on any atom is 0.0210 e. The molecule has 1 rings (SSSR count). The second-order valence-corrected chi connectivity index (χ2v) is 4.88. The largest absolute Gasteiger partial charge is 0.120 e. The summed E-state index contributed by atoms with van der Waals surface area (Å²) in [7, 11) is 0. The molecule has 1 aliphatic carbocycles. The molecule has 0 aromatic carbocycles. The lowest BCUT2D eigenvalue weighted by Crippen LogP contribution is -1.99. The number of hydrogen-bond acceptors (Lipinski definition) is 0. The quantitative estimate of drug-likeness (QED) is 0.504. The van der Waals surface area contributed by atoms with Gasteiger partial charge in [0.2, 0.25) is 0 Å². The van der Waals surface area contributed by atoms with Crippen LogP contribution in [0, 0.1) is 35.0 Å². The maximum atomic E-state index is 5.41. The molecular formula is C11H18. The van der Waals surface area contributed by atoms with Crippen LogP contribution in [-0.2, 0) is 0 Å². The first-order valence-corrected chi connectivity index (χ1v) is 4.32. The Labute approximate surface area is 70.4 Å². The van der Waals surface area contributed by atoms with E-state index in [1.54, 1.807) is 0 Å². The van der Waals surface area contributed by atoms with Crippen LogP contribution < -0.4 is 0 Å². The topological polar surface area (TPSA) is 0 Å². The molecule has 11 heavy (non-hydrogen) atoms. The van der Waals surface area contributed by atoms with Crippen molar-refractivity contribution in [3.8, 4) is 12.3 Å². The van der Waals surface area contributed by atoms with Gasteiger partial charge in [-0.1, -0.05) is 34.6 Å². The minimum atomic E-state index is 0.431. The summed E-state index contributed by atoms with van der Waals surface area (Å²) in [5.41, 5.74) is 0.886. The Morgan fingerprint density at radius 2 is 1.55 bits per heavy atom. The fourth-order valence-electron chi connectivity index (χ4n) is 2.59. The average Bonchev–Trinajstić information content (AvgIpc) is 2.24. The molecule has 0 radical (unpaired) electrons. The molecule has 0 bridgehead atoms. The highest BCUT2D eigenvalue weighted by molar-refractivity contribution is 5.18. The summed E-state index contributed by atoms with van der Waals surface area (Å²) in [6.07, 6.45) is 5.41. The molecule has 0 amide bonds. The van der Waals surface area contributed by atoms with Gasteiger partial charge in [0.05, 0.1) is 0 Å². The van der Waals surface area contributed by atoms with E-state index >= 15 is 0 Å². The van der Waals surface area contributed by atoms with Gasteiger partial charge in [-0.05, 0) is 16.7 Å². The summed E-state index contributed by atoms with van der Waals surface area (Å²) < 4.78 is 0. The maximum absolute atomic E-state index is 5.41. The van der Waals surface area contributed by atoms with Crippen LogP contribution in [-0.4, -0.2) is 0 Å². The van der Waals surface area contributed by atoms with Crippen LogP contribution in [0.3, 0.4) is 0 Å². The van der Waals surface area contributed by atoms with Crippen molar-refractivity contribution < 1.29 is 0 Å². The molecule has 1 fully saturated rings. The lowest BCUT2D eigenvalue weighted by molar-refractivity contribution is 0.457.